The molecule has 0 atom stereocenters. The molecule has 1 rings (SSSR count). The van der Waals surface area contributed by atoms with Crippen LogP contribution in [0, 0.1) is 0 Å². The summed E-state index contributed by atoms with van der Waals surface area (Å²) >= 11 is 10.9. The Bertz CT molecular complexity index is 438. The van der Waals surface area contributed by atoms with Crippen LogP contribution in [0.4, 0.5) is 0 Å². The molecule has 0 aliphatic carbocycles. The van der Waals surface area contributed by atoms with E-state index in [1.165, 1.54) is 25.1 Å². The number of benzene rings is 1. The van der Waals surface area contributed by atoms with Crippen molar-refractivity contribution in [2.75, 3.05) is 6.61 Å². The maximum absolute atomic E-state index is 10.6. The first-order chi connectivity index (χ1) is 7.26. The first-order valence-electron chi connectivity index (χ1n) is 4.00. The summed E-state index contributed by atoms with van der Waals surface area (Å²) in [5.41, 5.74) is 0. The van der Waals surface area contributed by atoms with Crippen LogP contribution in [0.15, 0.2) is 18.2 Å². The average Bonchev–Trinajstić information content (AvgIpc) is 2.11. The predicted octanol–water partition coefficient (Wildman–Crippen LogP) is -1.10. The van der Waals surface area contributed by atoms with E-state index in [4.69, 9.17) is 27.8 Å². The molecule has 1 N–H and O–H groups in total. The Morgan fingerprint density at radius 3 is 2.18 bits per heavy atom. The number of hydrogen-bond donors (Lipinski definition) is 1. The van der Waals surface area contributed by atoms with Gasteiger partial charge in [-0.05, 0) is 19.1 Å². The van der Waals surface area contributed by atoms with Gasteiger partial charge in [-0.1, -0.05) is 35.0 Å². The van der Waals surface area contributed by atoms with E-state index >= 15 is 0 Å². The minimum atomic E-state index is -4.17. The van der Waals surface area contributed by atoms with E-state index in [1.54, 1.807) is 0 Å². The van der Waals surface area contributed by atoms with Gasteiger partial charge in [0.2, 0.25) is 0 Å². The summed E-state index contributed by atoms with van der Waals surface area (Å²) in [6.45, 7) is 1.44. The van der Waals surface area contributed by atoms with Crippen LogP contribution >= 0.6 is 23.2 Å². The van der Waals surface area contributed by atoms with E-state index in [-0.39, 0.29) is 46.9 Å². The molecule has 0 saturated carbocycles. The fraction of sp³-hybridized carbons (Fsp3) is 0.250. The van der Waals surface area contributed by atoms with Crippen LogP contribution in [0.5, 0.6) is 5.75 Å². The van der Waals surface area contributed by atoms with Gasteiger partial charge in [0.05, 0.1) is 6.61 Å². The molecule has 1 aromatic carbocycles. The Morgan fingerprint density at radius 2 is 1.94 bits per heavy atom. The summed E-state index contributed by atoms with van der Waals surface area (Å²) in [5, 5.41) is 11.2. The smallest absolute Gasteiger partial charge is 0.871 e. The molecule has 0 spiro atoms. The SMILES string of the molecule is CCOS(=O)(=O)O.[Na+].[O-]c1ccc(Cl)cc1Cl. The van der Waals surface area contributed by atoms with Gasteiger partial charge >= 0.3 is 40.0 Å². The Hall–Kier alpha value is 0.470. The van der Waals surface area contributed by atoms with E-state index < -0.39 is 10.4 Å². The van der Waals surface area contributed by atoms with Crippen LogP contribution in [0.25, 0.3) is 0 Å². The maximum Gasteiger partial charge on any atom is 1.00 e. The van der Waals surface area contributed by atoms with Gasteiger partial charge in [-0.15, -0.1) is 0 Å². The number of rotatable bonds is 2. The molecule has 92 valence electrons. The number of halogens is 2. The third kappa shape index (κ3) is 11.3. The molecule has 0 aliphatic rings. The molecule has 0 radical (unpaired) electrons. The Labute approximate surface area is 132 Å². The number of hydrogen-bond acceptors (Lipinski definition) is 4. The molecule has 17 heavy (non-hydrogen) atoms. The molecule has 0 saturated heterocycles. The van der Waals surface area contributed by atoms with Crippen molar-refractivity contribution in [1.29, 1.82) is 0 Å². The Morgan fingerprint density at radius 1 is 1.41 bits per heavy atom. The quantitative estimate of drug-likeness (QED) is 0.553. The topological polar surface area (TPSA) is 86.7 Å². The van der Waals surface area contributed by atoms with Crippen LogP contribution in [-0.2, 0) is 14.6 Å². The average molecular weight is 311 g/mol. The van der Waals surface area contributed by atoms with Crippen LogP contribution < -0.4 is 34.7 Å². The summed E-state index contributed by atoms with van der Waals surface area (Å²) in [5.74, 6) is -0.193. The van der Waals surface area contributed by atoms with Gasteiger partial charge in [-0.2, -0.15) is 8.42 Å². The molecule has 0 fully saturated rings. The van der Waals surface area contributed by atoms with Crippen LogP contribution in [0.3, 0.4) is 0 Å². The second-order valence-corrected chi connectivity index (χ2v) is 4.34. The molecule has 0 aromatic heterocycles. The zero-order chi connectivity index (χ0) is 12.8. The van der Waals surface area contributed by atoms with Gasteiger partial charge in [0.1, 0.15) is 0 Å². The zero-order valence-electron chi connectivity index (χ0n) is 9.18. The first kappa shape index (κ1) is 19.8. The van der Waals surface area contributed by atoms with Crippen molar-refractivity contribution in [1.82, 2.24) is 0 Å². The molecular formula is C8H9Cl2NaO5S. The third-order valence-corrected chi connectivity index (χ3v) is 2.22. The molecule has 0 heterocycles. The van der Waals surface area contributed by atoms with Crippen molar-refractivity contribution < 1.29 is 51.8 Å². The zero-order valence-corrected chi connectivity index (χ0v) is 13.5. The molecule has 0 aliphatic heterocycles. The molecular weight excluding hydrogens is 302 g/mol. The molecule has 0 bridgehead atoms. The first-order valence-corrected chi connectivity index (χ1v) is 6.12. The monoisotopic (exact) mass is 310 g/mol. The van der Waals surface area contributed by atoms with E-state index in [9.17, 15) is 13.5 Å². The second-order valence-electron chi connectivity index (χ2n) is 2.41. The largest absolute Gasteiger partial charge is 1.00 e. The molecule has 9 heteroatoms. The van der Waals surface area contributed by atoms with Gasteiger partial charge < -0.3 is 5.11 Å². The third-order valence-electron chi connectivity index (χ3n) is 1.16. The Balaban J connectivity index is 0. The molecule has 1 aromatic rings. The van der Waals surface area contributed by atoms with Crippen LogP contribution in [0.1, 0.15) is 6.92 Å². The molecule has 0 amide bonds. The van der Waals surface area contributed by atoms with Crippen molar-refractivity contribution in [2.45, 2.75) is 6.92 Å². The van der Waals surface area contributed by atoms with E-state index in [0.717, 1.165) is 0 Å². The summed E-state index contributed by atoms with van der Waals surface area (Å²) in [4.78, 5) is 0. The van der Waals surface area contributed by atoms with Gasteiger partial charge in [0, 0.05) is 10.0 Å². The predicted molar refractivity (Wildman–Crippen MR) is 59.1 cm³/mol. The van der Waals surface area contributed by atoms with E-state index in [1.807, 2.05) is 0 Å². The van der Waals surface area contributed by atoms with Crippen molar-refractivity contribution in [2.24, 2.45) is 0 Å². The Kier molecular flexibility index (Phi) is 11.0. The maximum atomic E-state index is 10.6. The van der Waals surface area contributed by atoms with E-state index in [2.05, 4.69) is 4.18 Å². The van der Waals surface area contributed by atoms with Crippen molar-refractivity contribution >= 4 is 33.6 Å². The van der Waals surface area contributed by atoms with Gasteiger partial charge in [-0.3, -0.25) is 4.55 Å². The minimum Gasteiger partial charge on any atom is -0.871 e. The van der Waals surface area contributed by atoms with Crippen LogP contribution in [0.2, 0.25) is 10.0 Å². The summed E-state index contributed by atoms with van der Waals surface area (Å²) in [6.07, 6.45) is 0. The summed E-state index contributed by atoms with van der Waals surface area (Å²) < 4.78 is 30.7. The minimum absolute atomic E-state index is 0. The van der Waals surface area contributed by atoms with Crippen molar-refractivity contribution in [3.8, 4) is 5.75 Å². The van der Waals surface area contributed by atoms with E-state index in [0.29, 0.717) is 5.02 Å². The van der Waals surface area contributed by atoms with Gasteiger partial charge in [0.15, 0.2) is 0 Å². The molecule has 5 nitrogen and oxygen atoms in total. The van der Waals surface area contributed by atoms with Crippen molar-refractivity contribution in [3.63, 3.8) is 0 Å². The van der Waals surface area contributed by atoms with Gasteiger partial charge in [-0.25, -0.2) is 4.18 Å². The normalized spacial score (nSPS) is 9.88. The molecule has 0 unspecified atom stereocenters. The standard InChI is InChI=1S/C6H4Cl2O.C2H6O4S.Na/c7-4-1-2-6(9)5(8)3-4;1-2-6-7(3,4)5;/h1-3,9H;2H2,1H3,(H,3,4,5);/q;;+1/p-1. The fourth-order valence-electron chi connectivity index (χ4n) is 0.624. The van der Waals surface area contributed by atoms with Crippen molar-refractivity contribution in [3.05, 3.63) is 28.2 Å². The van der Waals surface area contributed by atoms with Crippen LogP contribution in [-0.4, -0.2) is 19.6 Å². The van der Waals surface area contributed by atoms with Gasteiger partial charge in [0.25, 0.3) is 0 Å². The fourth-order valence-corrected chi connectivity index (χ4v) is 1.33. The summed E-state index contributed by atoms with van der Waals surface area (Å²) in [6, 6.07) is 4.27. The second kappa shape index (κ2) is 9.41. The summed E-state index contributed by atoms with van der Waals surface area (Å²) in [7, 11) is -4.17.